The smallest absolute Gasteiger partial charge is 0.192 e. The molecule has 0 radical (unpaired) electrons. The third-order valence-electron chi connectivity index (χ3n) is 5.55. The van der Waals surface area contributed by atoms with Gasteiger partial charge in [0.05, 0.1) is 32.3 Å². The van der Waals surface area contributed by atoms with Gasteiger partial charge in [-0.2, -0.15) is 0 Å². The van der Waals surface area contributed by atoms with Gasteiger partial charge in [-0.1, -0.05) is 36.4 Å². The molecule has 0 bridgehead atoms. The summed E-state index contributed by atoms with van der Waals surface area (Å²) >= 11 is 0. The van der Waals surface area contributed by atoms with Crippen LogP contribution in [-0.4, -0.2) is 33.9 Å². The van der Waals surface area contributed by atoms with Crippen LogP contribution in [0.2, 0.25) is 0 Å². The van der Waals surface area contributed by atoms with Crippen LogP contribution in [0.4, 0.5) is 0 Å². The van der Waals surface area contributed by atoms with E-state index in [1.165, 1.54) is 0 Å². The molecule has 0 fully saturated rings. The number of aryl methyl sites for hydroxylation is 1. The minimum atomic E-state index is 0.106. The van der Waals surface area contributed by atoms with Gasteiger partial charge < -0.3 is 24.7 Å². The lowest BCUT2D eigenvalue weighted by Crippen LogP contribution is -2.41. The van der Waals surface area contributed by atoms with Gasteiger partial charge in [-0.25, -0.2) is 4.99 Å². The van der Waals surface area contributed by atoms with Gasteiger partial charge in [-0.3, -0.25) is 0 Å². The van der Waals surface area contributed by atoms with Crippen LogP contribution in [-0.2, 0) is 20.1 Å². The number of fused-ring (bicyclic) bond motifs is 1. The highest BCUT2D eigenvalue weighted by molar-refractivity contribution is 5.80. The number of aromatic nitrogens is 3. The molecular weight excluding hydrogens is 404 g/mol. The van der Waals surface area contributed by atoms with Gasteiger partial charge >= 0.3 is 0 Å². The highest BCUT2D eigenvalue weighted by atomic mass is 16.5. The number of nitrogens with one attached hydrogen (secondary N) is 2. The van der Waals surface area contributed by atoms with E-state index in [2.05, 4.69) is 26.9 Å². The maximum absolute atomic E-state index is 5.82. The Morgan fingerprint density at radius 2 is 2.00 bits per heavy atom. The van der Waals surface area contributed by atoms with Crippen LogP contribution in [0, 0.1) is 6.92 Å². The molecule has 2 heterocycles. The van der Waals surface area contributed by atoms with Gasteiger partial charge in [-0.15, -0.1) is 10.2 Å². The second kappa shape index (κ2) is 10.2. The van der Waals surface area contributed by atoms with Crippen LogP contribution in [0.3, 0.4) is 0 Å². The molecule has 2 N–H and O–H groups in total. The summed E-state index contributed by atoms with van der Waals surface area (Å²) in [5.74, 6) is 4.20. The first-order chi connectivity index (χ1) is 15.7. The summed E-state index contributed by atoms with van der Waals surface area (Å²) in [6.07, 6.45) is 0.857. The molecule has 1 aliphatic rings. The topological polar surface area (TPSA) is 85.6 Å². The van der Waals surface area contributed by atoms with Crippen molar-refractivity contribution in [2.24, 2.45) is 12.0 Å². The molecule has 8 nitrogen and oxygen atoms in total. The third-order valence-corrected chi connectivity index (χ3v) is 5.55. The van der Waals surface area contributed by atoms with Crippen molar-refractivity contribution in [1.29, 1.82) is 0 Å². The van der Waals surface area contributed by atoms with Crippen molar-refractivity contribution >= 4 is 5.96 Å². The van der Waals surface area contributed by atoms with Gasteiger partial charge in [0.15, 0.2) is 11.8 Å². The standard InChI is InChI=1S/C24H30N6O2/c1-4-31-21-11-7-5-9-18(21)15-25-24(26-16-23-29-28-17(2)30(23)3)27-20-13-14-32-22-12-8-6-10-19(20)22/h5-12,20H,4,13-16H2,1-3H3,(H2,25,26,27). The zero-order valence-electron chi connectivity index (χ0n) is 18.8. The second-order valence-electron chi connectivity index (χ2n) is 7.65. The average molecular weight is 435 g/mol. The quantitative estimate of drug-likeness (QED) is 0.439. The number of guanidine groups is 1. The maximum atomic E-state index is 5.82. The Morgan fingerprint density at radius 3 is 2.81 bits per heavy atom. The number of aliphatic imine (C=N–C) groups is 1. The molecule has 1 aliphatic heterocycles. The summed E-state index contributed by atoms with van der Waals surface area (Å²) in [5, 5.41) is 15.4. The molecule has 1 atom stereocenters. The van der Waals surface area contributed by atoms with Crippen molar-refractivity contribution < 1.29 is 9.47 Å². The summed E-state index contributed by atoms with van der Waals surface area (Å²) in [4.78, 5) is 4.87. The van der Waals surface area contributed by atoms with Crippen LogP contribution in [0.25, 0.3) is 0 Å². The minimum Gasteiger partial charge on any atom is -0.494 e. The Labute approximate surface area is 188 Å². The van der Waals surface area contributed by atoms with Crippen molar-refractivity contribution in [2.45, 2.75) is 39.4 Å². The van der Waals surface area contributed by atoms with E-state index in [0.717, 1.165) is 40.7 Å². The fourth-order valence-electron chi connectivity index (χ4n) is 3.67. The number of hydrogen-bond acceptors (Lipinski definition) is 5. The number of hydrogen-bond donors (Lipinski definition) is 2. The van der Waals surface area contributed by atoms with Crippen molar-refractivity contribution in [3.05, 3.63) is 71.3 Å². The van der Waals surface area contributed by atoms with E-state index in [1.807, 2.05) is 67.9 Å². The van der Waals surface area contributed by atoms with Crippen LogP contribution < -0.4 is 20.1 Å². The van der Waals surface area contributed by atoms with Crippen LogP contribution in [0.5, 0.6) is 11.5 Å². The highest BCUT2D eigenvalue weighted by Crippen LogP contribution is 2.31. The molecule has 0 saturated carbocycles. The predicted molar refractivity (Wildman–Crippen MR) is 124 cm³/mol. The highest BCUT2D eigenvalue weighted by Gasteiger charge is 2.22. The summed E-state index contributed by atoms with van der Waals surface area (Å²) in [5.41, 5.74) is 2.18. The molecule has 1 unspecified atom stereocenters. The monoisotopic (exact) mass is 434 g/mol. The first-order valence-corrected chi connectivity index (χ1v) is 11.0. The number of rotatable bonds is 7. The zero-order valence-corrected chi connectivity index (χ0v) is 18.8. The molecule has 0 spiro atoms. The Bertz CT molecular complexity index is 1080. The van der Waals surface area contributed by atoms with Gasteiger partial charge in [0, 0.05) is 24.6 Å². The first-order valence-electron chi connectivity index (χ1n) is 11.0. The molecule has 4 rings (SSSR count). The molecule has 1 aromatic heterocycles. The molecule has 0 saturated heterocycles. The average Bonchev–Trinajstić information content (AvgIpc) is 3.14. The fourth-order valence-corrected chi connectivity index (χ4v) is 3.67. The van der Waals surface area contributed by atoms with Gasteiger partial charge in [-0.05, 0) is 26.0 Å². The lowest BCUT2D eigenvalue weighted by molar-refractivity contribution is 0.261. The molecule has 2 aromatic carbocycles. The van der Waals surface area contributed by atoms with E-state index in [4.69, 9.17) is 14.5 Å². The van der Waals surface area contributed by atoms with E-state index in [-0.39, 0.29) is 6.04 Å². The van der Waals surface area contributed by atoms with Crippen LogP contribution in [0.15, 0.2) is 53.5 Å². The predicted octanol–water partition coefficient (Wildman–Crippen LogP) is 3.28. The lowest BCUT2D eigenvalue weighted by Gasteiger charge is -2.28. The van der Waals surface area contributed by atoms with Crippen LogP contribution in [0.1, 0.15) is 42.2 Å². The summed E-state index contributed by atoms with van der Waals surface area (Å²) < 4.78 is 13.6. The summed E-state index contributed by atoms with van der Waals surface area (Å²) in [6.45, 7) is 6.22. The van der Waals surface area contributed by atoms with Crippen LogP contribution >= 0.6 is 0 Å². The summed E-state index contributed by atoms with van der Waals surface area (Å²) in [7, 11) is 1.96. The summed E-state index contributed by atoms with van der Waals surface area (Å²) in [6, 6.07) is 16.2. The Balaban J connectivity index is 1.55. The molecular formula is C24H30N6O2. The maximum Gasteiger partial charge on any atom is 0.192 e. The molecule has 168 valence electrons. The normalized spacial score (nSPS) is 15.6. The van der Waals surface area contributed by atoms with Crippen molar-refractivity contribution in [3.63, 3.8) is 0 Å². The van der Waals surface area contributed by atoms with Crippen molar-refractivity contribution in [1.82, 2.24) is 25.4 Å². The minimum absolute atomic E-state index is 0.106. The van der Waals surface area contributed by atoms with E-state index in [1.54, 1.807) is 0 Å². The Hall–Kier alpha value is -3.55. The van der Waals surface area contributed by atoms with Crippen molar-refractivity contribution in [2.75, 3.05) is 13.2 Å². The van der Waals surface area contributed by atoms with E-state index >= 15 is 0 Å². The fraction of sp³-hybridized carbons (Fsp3) is 0.375. The first kappa shape index (κ1) is 21.7. The van der Waals surface area contributed by atoms with E-state index in [0.29, 0.717) is 32.3 Å². The number of benzene rings is 2. The van der Waals surface area contributed by atoms with E-state index < -0.39 is 0 Å². The third kappa shape index (κ3) is 5.01. The lowest BCUT2D eigenvalue weighted by atomic mass is 10.0. The van der Waals surface area contributed by atoms with E-state index in [9.17, 15) is 0 Å². The number of nitrogens with zero attached hydrogens (tertiary/aromatic N) is 4. The largest absolute Gasteiger partial charge is 0.494 e. The van der Waals surface area contributed by atoms with Crippen molar-refractivity contribution in [3.8, 4) is 11.5 Å². The SMILES string of the molecule is CCOc1ccccc1CN=C(NCc1nnc(C)n1C)NC1CCOc2ccccc21. The van der Waals surface area contributed by atoms with Gasteiger partial charge in [0.1, 0.15) is 17.3 Å². The zero-order chi connectivity index (χ0) is 22.3. The molecule has 3 aromatic rings. The molecule has 32 heavy (non-hydrogen) atoms. The Morgan fingerprint density at radius 1 is 1.19 bits per heavy atom. The molecule has 0 amide bonds. The number of para-hydroxylation sites is 2. The molecule has 8 heteroatoms. The Kier molecular flexibility index (Phi) is 6.89. The number of ether oxygens (including phenoxy) is 2. The second-order valence-corrected chi connectivity index (χ2v) is 7.65. The van der Waals surface area contributed by atoms with Gasteiger partial charge in [0.25, 0.3) is 0 Å². The molecule has 0 aliphatic carbocycles. The van der Waals surface area contributed by atoms with Gasteiger partial charge in [0.2, 0.25) is 0 Å².